The van der Waals surface area contributed by atoms with Gasteiger partial charge in [-0.3, -0.25) is 0 Å². The topological polar surface area (TPSA) is 70.7 Å². The van der Waals surface area contributed by atoms with E-state index in [2.05, 4.69) is 10.1 Å². The standard InChI is InChI=1S/C17H14ClFN4O2/c18-10-3-4-13(19)11(8-10)14-2-1-6-22(14)15-5-7-23-16(21-15)12(9-20-23)17(24)25/h3-5,7-9,14H,1-2,6H2,(H,24,25)/t14-/m1/s1. The highest BCUT2D eigenvalue weighted by atomic mass is 35.5. The van der Waals surface area contributed by atoms with Gasteiger partial charge in [0, 0.05) is 23.3 Å². The van der Waals surface area contributed by atoms with E-state index in [0.29, 0.717) is 22.9 Å². The van der Waals surface area contributed by atoms with Gasteiger partial charge in [0.15, 0.2) is 5.65 Å². The fourth-order valence-electron chi connectivity index (χ4n) is 3.30. The number of hydrogen-bond acceptors (Lipinski definition) is 4. The number of nitrogens with zero attached hydrogens (tertiary/aromatic N) is 4. The van der Waals surface area contributed by atoms with Gasteiger partial charge in [0.1, 0.15) is 17.2 Å². The molecule has 6 nitrogen and oxygen atoms in total. The van der Waals surface area contributed by atoms with Crippen LogP contribution in [0.3, 0.4) is 0 Å². The van der Waals surface area contributed by atoms with E-state index in [-0.39, 0.29) is 23.1 Å². The summed E-state index contributed by atoms with van der Waals surface area (Å²) in [6.07, 6.45) is 4.59. The second kappa shape index (κ2) is 6.00. The summed E-state index contributed by atoms with van der Waals surface area (Å²) < 4.78 is 15.7. The van der Waals surface area contributed by atoms with Crippen molar-refractivity contribution in [2.24, 2.45) is 0 Å². The number of carboxylic acids is 1. The van der Waals surface area contributed by atoms with Crippen molar-refractivity contribution in [2.75, 3.05) is 11.4 Å². The first kappa shape index (κ1) is 15.8. The van der Waals surface area contributed by atoms with E-state index in [4.69, 9.17) is 11.6 Å². The van der Waals surface area contributed by atoms with Crippen LogP contribution in [0.15, 0.2) is 36.7 Å². The molecule has 3 aromatic rings. The molecular formula is C17H14ClFN4O2. The van der Waals surface area contributed by atoms with Gasteiger partial charge in [-0.25, -0.2) is 18.7 Å². The largest absolute Gasteiger partial charge is 0.477 e. The van der Waals surface area contributed by atoms with E-state index >= 15 is 0 Å². The number of aromatic nitrogens is 3. The second-order valence-corrected chi connectivity index (χ2v) is 6.37. The molecule has 1 atom stereocenters. The fraction of sp³-hybridized carbons (Fsp3) is 0.235. The number of anilines is 1. The Labute approximate surface area is 147 Å². The SMILES string of the molecule is O=C(O)c1cnn2ccc(N3CCC[C@@H]3c3cc(Cl)ccc3F)nc12. The Hall–Kier alpha value is -2.67. The molecule has 0 amide bonds. The third-order valence-electron chi connectivity index (χ3n) is 4.45. The molecule has 0 bridgehead atoms. The summed E-state index contributed by atoms with van der Waals surface area (Å²) in [5.74, 6) is -0.797. The fourth-order valence-corrected chi connectivity index (χ4v) is 3.48. The number of carbonyl (C=O) groups is 1. The van der Waals surface area contributed by atoms with E-state index in [0.717, 1.165) is 12.8 Å². The van der Waals surface area contributed by atoms with Gasteiger partial charge < -0.3 is 10.0 Å². The van der Waals surface area contributed by atoms with Crippen molar-refractivity contribution in [3.05, 3.63) is 58.6 Å². The predicted molar refractivity (Wildman–Crippen MR) is 90.7 cm³/mol. The maximum Gasteiger partial charge on any atom is 0.341 e. The van der Waals surface area contributed by atoms with Gasteiger partial charge in [-0.15, -0.1) is 0 Å². The Morgan fingerprint density at radius 1 is 1.36 bits per heavy atom. The summed E-state index contributed by atoms with van der Waals surface area (Å²) in [5.41, 5.74) is 0.826. The molecule has 25 heavy (non-hydrogen) atoms. The van der Waals surface area contributed by atoms with Gasteiger partial charge in [0.25, 0.3) is 0 Å². The molecule has 4 rings (SSSR count). The molecule has 0 unspecified atom stereocenters. The Bertz CT molecular complexity index is 974. The molecule has 3 heterocycles. The van der Waals surface area contributed by atoms with E-state index < -0.39 is 5.97 Å². The van der Waals surface area contributed by atoms with E-state index in [1.807, 2.05) is 4.90 Å². The summed E-state index contributed by atoms with van der Waals surface area (Å²) >= 11 is 6.03. The highest BCUT2D eigenvalue weighted by Crippen LogP contribution is 2.37. The van der Waals surface area contributed by atoms with Gasteiger partial charge in [-0.05, 0) is 37.1 Å². The molecule has 0 aliphatic carbocycles. The van der Waals surface area contributed by atoms with Gasteiger partial charge in [-0.1, -0.05) is 11.6 Å². The number of hydrogen-bond donors (Lipinski definition) is 1. The average Bonchev–Trinajstić information content (AvgIpc) is 3.22. The number of fused-ring (bicyclic) bond motifs is 1. The van der Waals surface area contributed by atoms with E-state index in [1.165, 1.54) is 22.8 Å². The first-order valence-corrected chi connectivity index (χ1v) is 8.21. The maximum atomic E-state index is 14.3. The predicted octanol–water partition coefficient (Wildman–Crippen LogP) is 3.56. The van der Waals surface area contributed by atoms with Crippen LogP contribution in [0.1, 0.15) is 34.8 Å². The van der Waals surface area contributed by atoms with Crippen molar-refractivity contribution in [1.29, 1.82) is 0 Å². The zero-order valence-corrected chi connectivity index (χ0v) is 13.8. The smallest absolute Gasteiger partial charge is 0.341 e. The summed E-state index contributed by atoms with van der Waals surface area (Å²) in [7, 11) is 0. The molecule has 0 spiro atoms. The Balaban J connectivity index is 1.77. The summed E-state index contributed by atoms with van der Waals surface area (Å²) in [6, 6.07) is 6.09. The minimum Gasteiger partial charge on any atom is -0.477 e. The molecule has 1 fully saturated rings. The van der Waals surface area contributed by atoms with Crippen molar-refractivity contribution in [1.82, 2.24) is 14.6 Å². The second-order valence-electron chi connectivity index (χ2n) is 5.93. The molecule has 1 aromatic carbocycles. The van der Waals surface area contributed by atoms with Crippen molar-refractivity contribution in [3.8, 4) is 0 Å². The highest BCUT2D eigenvalue weighted by Gasteiger charge is 2.30. The zero-order valence-electron chi connectivity index (χ0n) is 13.1. The van der Waals surface area contributed by atoms with Gasteiger partial charge in [0.2, 0.25) is 0 Å². The molecule has 128 valence electrons. The number of rotatable bonds is 3. The summed E-state index contributed by atoms with van der Waals surface area (Å²) in [6.45, 7) is 0.705. The third-order valence-corrected chi connectivity index (χ3v) is 4.68. The van der Waals surface area contributed by atoms with Crippen molar-refractivity contribution in [2.45, 2.75) is 18.9 Å². The maximum absolute atomic E-state index is 14.3. The lowest BCUT2D eigenvalue weighted by molar-refractivity contribution is 0.0699. The Morgan fingerprint density at radius 3 is 3.00 bits per heavy atom. The number of benzene rings is 1. The molecule has 2 aromatic heterocycles. The first-order chi connectivity index (χ1) is 12.0. The minimum absolute atomic E-state index is 0.0338. The normalized spacial score (nSPS) is 17.4. The molecule has 1 aliphatic heterocycles. The van der Waals surface area contributed by atoms with Crippen molar-refractivity contribution < 1.29 is 14.3 Å². The average molecular weight is 361 g/mol. The lowest BCUT2D eigenvalue weighted by atomic mass is 10.0. The molecular weight excluding hydrogens is 347 g/mol. The third kappa shape index (κ3) is 2.70. The summed E-state index contributed by atoms with van der Waals surface area (Å²) in [5, 5.41) is 13.7. The monoisotopic (exact) mass is 360 g/mol. The molecule has 1 N–H and O–H groups in total. The molecule has 8 heteroatoms. The molecule has 0 saturated carbocycles. The van der Waals surface area contributed by atoms with Crippen LogP contribution >= 0.6 is 11.6 Å². The number of halogens is 2. The van der Waals surface area contributed by atoms with Gasteiger partial charge in [0.05, 0.1) is 12.2 Å². The van der Waals surface area contributed by atoms with Crippen molar-refractivity contribution in [3.63, 3.8) is 0 Å². The van der Waals surface area contributed by atoms with E-state index in [1.54, 1.807) is 18.3 Å². The van der Waals surface area contributed by atoms with Gasteiger partial charge >= 0.3 is 5.97 Å². The lowest BCUT2D eigenvalue weighted by Crippen LogP contribution is -2.24. The van der Waals surface area contributed by atoms with Crippen molar-refractivity contribution >= 4 is 29.0 Å². The number of aromatic carboxylic acids is 1. The van der Waals surface area contributed by atoms with Crippen LogP contribution in [-0.2, 0) is 0 Å². The Morgan fingerprint density at radius 2 is 2.20 bits per heavy atom. The molecule has 1 saturated heterocycles. The zero-order chi connectivity index (χ0) is 17.6. The Kier molecular flexibility index (Phi) is 3.80. The van der Waals surface area contributed by atoms with E-state index in [9.17, 15) is 14.3 Å². The lowest BCUT2D eigenvalue weighted by Gasteiger charge is -2.26. The molecule has 1 aliphatic rings. The van der Waals surface area contributed by atoms with Gasteiger partial charge in [-0.2, -0.15) is 5.10 Å². The van der Waals surface area contributed by atoms with Crippen LogP contribution in [0.5, 0.6) is 0 Å². The van der Waals surface area contributed by atoms with Crippen LogP contribution in [0, 0.1) is 5.82 Å². The van der Waals surface area contributed by atoms with Crippen LogP contribution in [0.2, 0.25) is 5.02 Å². The van der Waals surface area contributed by atoms with Crippen LogP contribution in [0.25, 0.3) is 5.65 Å². The quantitative estimate of drug-likeness (QED) is 0.773. The summed E-state index contributed by atoms with van der Waals surface area (Å²) in [4.78, 5) is 17.7. The highest BCUT2D eigenvalue weighted by molar-refractivity contribution is 6.30. The number of carboxylic acid groups (broad SMARTS) is 1. The molecule has 0 radical (unpaired) electrons. The minimum atomic E-state index is -1.08. The van der Waals surface area contributed by atoms with Crippen LogP contribution in [0.4, 0.5) is 10.2 Å². The van der Waals surface area contributed by atoms with Crippen LogP contribution < -0.4 is 4.90 Å². The van der Waals surface area contributed by atoms with Crippen LogP contribution in [-0.4, -0.2) is 32.2 Å². The first-order valence-electron chi connectivity index (χ1n) is 7.84.